The van der Waals surface area contributed by atoms with Gasteiger partial charge in [0, 0.05) is 12.6 Å². The zero-order valence-electron chi connectivity index (χ0n) is 17.6. The highest BCUT2D eigenvalue weighted by Crippen LogP contribution is 2.10. The number of hydrogen-bond donors (Lipinski definition) is 5. The zero-order chi connectivity index (χ0) is 21.0. The van der Waals surface area contributed by atoms with Gasteiger partial charge in [0.25, 0.3) is 5.96 Å². The van der Waals surface area contributed by atoms with Crippen molar-refractivity contribution >= 4 is 5.96 Å². The molecule has 0 fully saturated rings. The maximum absolute atomic E-state index is 10.2. The first-order chi connectivity index (χ1) is 13.5. The Morgan fingerprint density at radius 2 is 1.61 bits per heavy atom. The van der Waals surface area contributed by atoms with E-state index in [0.717, 1.165) is 19.4 Å². The van der Waals surface area contributed by atoms with Gasteiger partial charge in [0.2, 0.25) is 0 Å². The van der Waals surface area contributed by atoms with Gasteiger partial charge >= 0.3 is 0 Å². The first-order valence-electron chi connectivity index (χ1n) is 10.8. The van der Waals surface area contributed by atoms with Gasteiger partial charge in [-0.2, -0.15) is 0 Å². The van der Waals surface area contributed by atoms with E-state index in [1.54, 1.807) is 5.43 Å². The molecule has 0 saturated heterocycles. The van der Waals surface area contributed by atoms with Gasteiger partial charge in [-0.3, -0.25) is 5.32 Å². The van der Waals surface area contributed by atoms with E-state index in [-0.39, 0.29) is 12.0 Å². The number of aliphatic imine (C=N–C) groups is 1. The van der Waals surface area contributed by atoms with E-state index < -0.39 is 11.3 Å². The van der Waals surface area contributed by atoms with Crippen LogP contribution in [0.1, 0.15) is 90.4 Å². The van der Waals surface area contributed by atoms with Gasteiger partial charge < -0.3 is 16.6 Å². The van der Waals surface area contributed by atoms with Gasteiger partial charge in [-0.15, -0.1) is 0 Å². The molecule has 9 nitrogen and oxygen atoms in total. The molecule has 28 heavy (non-hydrogen) atoms. The number of nitro groups is 1. The van der Waals surface area contributed by atoms with Crippen molar-refractivity contribution in [1.82, 2.24) is 10.7 Å². The summed E-state index contributed by atoms with van der Waals surface area (Å²) in [4.78, 5) is 14.0. The molecule has 0 aromatic heterocycles. The monoisotopic (exact) mass is 402 g/mol. The van der Waals surface area contributed by atoms with Crippen LogP contribution in [-0.2, 0) is 0 Å². The normalized spacial score (nSPS) is 14.0. The minimum Gasteiger partial charge on any atom is -0.377 e. The third-order valence-electron chi connectivity index (χ3n) is 4.72. The summed E-state index contributed by atoms with van der Waals surface area (Å²) in [6.07, 6.45) is 14.3. The Balaban J connectivity index is 3.49. The van der Waals surface area contributed by atoms with Gasteiger partial charge in [0.1, 0.15) is 6.23 Å². The second-order valence-corrected chi connectivity index (χ2v) is 7.38. The lowest BCUT2D eigenvalue weighted by Crippen LogP contribution is -2.45. The van der Waals surface area contributed by atoms with Crippen molar-refractivity contribution < 1.29 is 10.1 Å². The molecule has 0 rings (SSSR count). The van der Waals surface area contributed by atoms with Gasteiger partial charge in [-0.1, -0.05) is 70.1 Å². The first kappa shape index (κ1) is 26.6. The fraction of sp³-hybridized carbons (Fsp3) is 0.947. The van der Waals surface area contributed by atoms with Gasteiger partial charge in [0.15, 0.2) is 5.03 Å². The lowest BCUT2D eigenvalue weighted by atomic mass is 10.1. The molecule has 0 heterocycles. The van der Waals surface area contributed by atoms with Crippen LogP contribution in [0.4, 0.5) is 0 Å². The van der Waals surface area contributed by atoms with E-state index in [2.05, 4.69) is 17.2 Å². The molecule has 1 unspecified atom stereocenters. The standard InChI is InChI=1S/C19H42N6O3/c1-2-3-4-5-6-7-8-9-10-12-15-22-18(26)17(20)14-11-13-16-23-19(21)24-25(27)28/h17-18,22,26H,2-16,20H2,1H3,(H3,21,23,24)/t17-,18?/m0/s1. The Kier molecular flexibility index (Phi) is 17.9. The van der Waals surface area contributed by atoms with Crippen LogP contribution in [0.5, 0.6) is 0 Å². The molecule has 0 amide bonds. The Bertz CT molecular complexity index is 409. The molecule has 0 aromatic carbocycles. The number of nitrogens with two attached hydrogens (primary N) is 2. The molecule has 7 N–H and O–H groups in total. The summed E-state index contributed by atoms with van der Waals surface area (Å²) in [6.45, 7) is 3.41. The number of unbranched alkanes of at least 4 members (excludes halogenated alkanes) is 10. The van der Waals surface area contributed by atoms with Crippen molar-refractivity contribution in [1.29, 1.82) is 0 Å². The third kappa shape index (κ3) is 17.9. The maximum Gasteiger partial charge on any atom is 0.251 e. The summed E-state index contributed by atoms with van der Waals surface area (Å²) in [5.41, 5.74) is 13.1. The highest BCUT2D eigenvalue weighted by molar-refractivity contribution is 5.76. The summed E-state index contributed by atoms with van der Waals surface area (Å²) >= 11 is 0. The minimum atomic E-state index is -0.745. The predicted molar refractivity (Wildman–Crippen MR) is 114 cm³/mol. The molecule has 0 radical (unpaired) electrons. The molecule has 0 saturated carbocycles. The number of nitrogens with one attached hydrogen (secondary N) is 2. The number of guanidine groups is 1. The highest BCUT2D eigenvalue weighted by Gasteiger charge is 2.13. The van der Waals surface area contributed by atoms with E-state index in [0.29, 0.717) is 19.4 Å². The SMILES string of the molecule is CCCCCCCCCCCCNC(O)[C@@H](N)CCCCN=C(N)N[N+](=O)[O-]. The van der Waals surface area contributed by atoms with Crippen molar-refractivity contribution in [2.24, 2.45) is 16.5 Å². The Labute approximate surface area is 169 Å². The fourth-order valence-electron chi connectivity index (χ4n) is 2.99. The molecular weight excluding hydrogens is 360 g/mol. The van der Waals surface area contributed by atoms with Crippen LogP contribution >= 0.6 is 0 Å². The molecule has 0 aliphatic rings. The number of nitrogens with zero attached hydrogens (tertiary/aromatic N) is 2. The smallest absolute Gasteiger partial charge is 0.251 e. The third-order valence-corrected chi connectivity index (χ3v) is 4.72. The lowest BCUT2D eigenvalue weighted by Gasteiger charge is -2.20. The Morgan fingerprint density at radius 3 is 2.18 bits per heavy atom. The number of hydrogen-bond acceptors (Lipinski definition) is 6. The molecule has 0 aromatic rings. The number of rotatable bonds is 19. The highest BCUT2D eigenvalue weighted by atomic mass is 16.7. The molecule has 0 spiro atoms. The number of aliphatic hydroxyl groups is 1. The molecule has 166 valence electrons. The predicted octanol–water partition coefficient (Wildman–Crippen LogP) is 2.41. The van der Waals surface area contributed by atoms with Crippen molar-refractivity contribution in [3.63, 3.8) is 0 Å². The number of aliphatic hydroxyl groups excluding tert-OH is 1. The molecular formula is C19H42N6O3. The van der Waals surface area contributed by atoms with Crippen molar-refractivity contribution in [2.45, 2.75) is 103 Å². The van der Waals surface area contributed by atoms with Crippen LogP contribution in [-0.4, -0.2) is 41.5 Å². The van der Waals surface area contributed by atoms with Crippen molar-refractivity contribution in [3.8, 4) is 0 Å². The molecule has 0 aliphatic carbocycles. The van der Waals surface area contributed by atoms with E-state index in [4.69, 9.17) is 11.5 Å². The van der Waals surface area contributed by atoms with E-state index >= 15 is 0 Å². The van der Waals surface area contributed by atoms with Crippen LogP contribution in [0, 0.1) is 10.1 Å². The van der Waals surface area contributed by atoms with E-state index in [9.17, 15) is 15.2 Å². The van der Waals surface area contributed by atoms with Gasteiger partial charge in [0.05, 0.1) is 0 Å². The topological polar surface area (TPSA) is 152 Å². The summed E-state index contributed by atoms with van der Waals surface area (Å²) in [7, 11) is 0. The summed E-state index contributed by atoms with van der Waals surface area (Å²) < 4.78 is 0. The van der Waals surface area contributed by atoms with Crippen LogP contribution in [0.3, 0.4) is 0 Å². The Hall–Kier alpha value is -1.45. The minimum absolute atomic E-state index is 0.201. The summed E-state index contributed by atoms with van der Waals surface area (Å²) in [5.74, 6) is -0.201. The number of hydrazine groups is 1. The maximum atomic E-state index is 10.2. The fourth-order valence-corrected chi connectivity index (χ4v) is 2.99. The molecule has 0 bridgehead atoms. The second kappa shape index (κ2) is 18.9. The van der Waals surface area contributed by atoms with Gasteiger partial charge in [-0.05, 0) is 32.2 Å². The molecule has 9 heteroatoms. The van der Waals surface area contributed by atoms with Crippen molar-refractivity contribution in [3.05, 3.63) is 10.1 Å². The average Bonchev–Trinajstić information content (AvgIpc) is 2.64. The second-order valence-electron chi connectivity index (χ2n) is 7.38. The average molecular weight is 403 g/mol. The summed E-state index contributed by atoms with van der Waals surface area (Å²) in [6, 6.07) is -0.332. The molecule has 0 aliphatic heterocycles. The zero-order valence-corrected chi connectivity index (χ0v) is 17.6. The van der Waals surface area contributed by atoms with Crippen LogP contribution in [0.15, 0.2) is 4.99 Å². The largest absolute Gasteiger partial charge is 0.377 e. The first-order valence-corrected chi connectivity index (χ1v) is 10.8. The van der Waals surface area contributed by atoms with Crippen LogP contribution in [0.2, 0.25) is 0 Å². The lowest BCUT2D eigenvalue weighted by molar-refractivity contribution is -0.525. The van der Waals surface area contributed by atoms with E-state index in [1.165, 1.54) is 57.8 Å². The van der Waals surface area contributed by atoms with Crippen LogP contribution < -0.4 is 22.2 Å². The van der Waals surface area contributed by atoms with E-state index in [1.807, 2.05) is 0 Å². The van der Waals surface area contributed by atoms with Crippen LogP contribution in [0.25, 0.3) is 0 Å². The summed E-state index contributed by atoms with van der Waals surface area (Å²) in [5, 5.41) is 22.5. The molecule has 2 atom stereocenters. The van der Waals surface area contributed by atoms with Gasteiger partial charge in [-0.25, -0.2) is 15.1 Å². The quantitative estimate of drug-likeness (QED) is 0.0555. The Morgan fingerprint density at radius 1 is 1.04 bits per heavy atom. The van der Waals surface area contributed by atoms with Crippen molar-refractivity contribution in [2.75, 3.05) is 13.1 Å².